The van der Waals surface area contributed by atoms with Crippen molar-refractivity contribution in [2.45, 2.75) is 6.42 Å². The normalized spacial score (nSPS) is 9.71. The van der Waals surface area contributed by atoms with Crippen molar-refractivity contribution in [3.63, 3.8) is 0 Å². The number of nitrogens with zero attached hydrogens (tertiary/aromatic N) is 1. The summed E-state index contributed by atoms with van der Waals surface area (Å²) >= 11 is 1.52. The maximum absolute atomic E-state index is 12.0. The molecule has 134 valence electrons. The lowest BCUT2D eigenvalue weighted by Crippen LogP contribution is -2.33. The van der Waals surface area contributed by atoms with Gasteiger partial charge in [0, 0.05) is 38.5 Å². The first-order chi connectivity index (χ1) is 10.8. The summed E-state index contributed by atoms with van der Waals surface area (Å²) in [4.78, 5) is 16.4. The van der Waals surface area contributed by atoms with Gasteiger partial charge in [-0.3, -0.25) is 4.79 Å². The number of carbonyl (C=O) groups excluding carboxylic acids is 1. The summed E-state index contributed by atoms with van der Waals surface area (Å²) in [6, 6.07) is 10.1. The van der Waals surface area contributed by atoms with Crippen LogP contribution in [0.1, 0.15) is 21.1 Å². The third kappa shape index (κ3) is 8.08. The van der Waals surface area contributed by atoms with E-state index in [2.05, 4.69) is 27.8 Å². The highest BCUT2D eigenvalue weighted by Gasteiger charge is 2.10. The van der Waals surface area contributed by atoms with Gasteiger partial charge in [-0.1, -0.05) is 30.3 Å². The molecule has 1 aromatic heterocycles. The van der Waals surface area contributed by atoms with Crippen LogP contribution >= 0.6 is 36.2 Å². The van der Waals surface area contributed by atoms with Crippen LogP contribution in [0.5, 0.6) is 0 Å². The molecule has 24 heavy (non-hydrogen) atoms. The first kappa shape index (κ1) is 22.8. The molecule has 8 heteroatoms. The molecule has 0 aliphatic rings. The second-order valence-corrected chi connectivity index (χ2v) is 5.73. The molecule has 1 heterocycles. The molecule has 0 aliphatic carbocycles. The van der Waals surface area contributed by atoms with Gasteiger partial charge in [0.15, 0.2) is 0 Å². The fourth-order valence-electron chi connectivity index (χ4n) is 1.92. The summed E-state index contributed by atoms with van der Waals surface area (Å²) in [5.41, 5.74) is 1.69. The van der Waals surface area contributed by atoms with E-state index in [1.54, 1.807) is 7.11 Å². The van der Waals surface area contributed by atoms with E-state index >= 15 is 0 Å². The second-order valence-electron chi connectivity index (χ2n) is 4.79. The van der Waals surface area contributed by atoms with Crippen molar-refractivity contribution < 1.29 is 9.53 Å². The standard InChI is InChI=1S/C16H21N3O2S.2ClH/c1-21-10-9-17-7-8-18-16(20)14-12-22-15(19-14)11-13-5-3-2-4-6-13;;/h2-6,12,17H,7-11H2,1H3,(H,18,20);2*1H. The molecule has 0 fully saturated rings. The molecule has 0 atom stereocenters. The van der Waals surface area contributed by atoms with Gasteiger partial charge in [-0.05, 0) is 5.56 Å². The number of hydrogen-bond donors (Lipinski definition) is 2. The third-order valence-corrected chi connectivity index (χ3v) is 3.90. The minimum atomic E-state index is -0.121. The Morgan fingerprint density at radius 2 is 1.92 bits per heavy atom. The highest BCUT2D eigenvalue weighted by molar-refractivity contribution is 7.09. The molecule has 0 bridgehead atoms. The number of rotatable bonds is 9. The molecule has 0 spiro atoms. The number of nitrogens with one attached hydrogen (secondary N) is 2. The number of hydrogen-bond acceptors (Lipinski definition) is 5. The van der Waals surface area contributed by atoms with E-state index in [1.807, 2.05) is 23.6 Å². The van der Waals surface area contributed by atoms with Gasteiger partial charge in [0.2, 0.25) is 0 Å². The van der Waals surface area contributed by atoms with Crippen LogP contribution in [0.4, 0.5) is 0 Å². The van der Waals surface area contributed by atoms with Crippen LogP contribution in [-0.2, 0) is 11.2 Å². The van der Waals surface area contributed by atoms with Crippen molar-refractivity contribution in [3.05, 3.63) is 52.0 Å². The van der Waals surface area contributed by atoms with Crippen molar-refractivity contribution in [1.82, 2.24) is 15.6 Å². The van der Waals surface area contributed by atoms with Crippen LogP contribution < -0.4 is 10.6 Å². The van der Waals surface area contributed by atoms with Gasteiger partial charge in [0.05, 0.1) is 11.6 Å². The molecule has 1 aromatic carbocycles. The van der Waals surface area contributed by atoms with E-state index in [-0.39, 0.29) is 30.7 Å². The van der Waals surface area contributed by atoms with E-state index in [9.17, 15) is 4.79 Å². The molecule has 0 aliphatic heterocycles. The third-order valence-electron chi connectivity index (χ3n) is 3.05. The van der Waals surface area contributed by atoms with Crippen LogP contribution in [0, 0.1) is 0 Å². The van der Waals surface area contributed by atoms with Gasteiger partial charge >= 0.3 is 0 Å². The van der Waals surface area contributed by atoms with Crippen LogP contribution in [0.15, 0.2) is 35.7 Å². The van der Waals surface area contributed by atoms with Crippen molar-refractivity contribution in [1.29, 1.82) is 0 Å². The molecule has 0 saturated heterocycles. The van der Waals surface area contributed by atoms with E-state index < -0.39 is 0 Å². The quantitative estimate of drug-likeness (QED) is 0.644. The number of ether oxygens (including phenoxy) is 1. The molecule has 2 aromatic rings. The van der Waals surface area contributed by atoms with Crippen molar-refractivity contribution in [3.8, 4) is 0 Å². The monoisotopic (exact) mass is 391 g/mol. The number of halogens is 2. The lowest BCUT2D eigenvalue weighted by Gasteiger charge is -2.05. The summed E-state index contributed by atoms with van der Waals surface area (Å²) in [6.45, 7) is 2.75. The van der Waals surface area contributed by atoms with Crippen molar-refractivity contribution in [2.24, 2.45) is 0 Å². The molecular weight excluding hydrogens is 369 g/mol. The number of methoxy groups -OCH3 is 1. The summed E-state index contributed by atoms with van der Waals surface area (Å²) in [5, 5.41) is 8.79. The molecule has 1 amide bonds. The molecule has 0 radical (unpaired) electrons. The minimum absolute atomic E-state index is 0. The van der Waals surface area contributed by atoms with Crippen molar-refractivity contribution in [2.75, 3.05) is 33.4 Å². The van der Waals surface area contributed by atoms with Crippen LogP contribution in [0.3, 0.4) is 0 Å². The Morgan fingerprint density at radius 1 is 1.17 bits per heavy atom. The van der Waals surface area contributed by atoms with Crippen LogP contribution in [0.2, 0.25) is 0 Å². The van der Waals surface area contributed by atoms with E-state index in [1.165, 1.54) is 16.9 Å². The van der Waals surface area contributed by atoms with E-state index in [4.69, 9.17) is 4.74 Å². The lowest BCUT2D eigenvalue weighted by atomic mass is 10.2. The molecule has 0 saturated carbocycles. The average Bonchev–Trinajstić information content (AvgIpc) is 3.00. The minimum Gasteiger partial charge on any atom is -0.383 e. The Bertz CT molecular complexity index is 582. The molecular formula is C16H23Cl2N3O2S. The highest BCUT2D eigenvalue weighted by Crippen LogP contribution is 2.14. The fourth-order valence-corrected chi connectivity index (χ4v) is 2.73. The topological polar surface area (TPSA) is 63.2 Å². The Labute approximate surface area is 159 Å². The number of aromatic nitrogens is 1. The Hall–Kier alpha value is -1.18. The maximum Gasteiger partial charge on any atom is 0.270 e. The molecule has 2 rings (SSSR count). The smallest absolute Gasteiger partial charge is 0.270 e. The largest absolute Gasteiger partial charge is 0.383 e. The van der Waals surface area contributed by atoms with Crippen molar-refractivity contribution >= 4 is 42.1 Å². The zero-order chi connectivity index (χ0) is 15.6. The number of carbonyl (C=O) groups is 1. The second kappa shape index (κ2) is 13.1. The van der Waals surface area contributed by atoms with E-state index in [0.29, 0.717) is 18.8 Å². The van der Waals surface area contributed by atoms with Gasteiger partial charge in [-0.15, -0.1) is 36.2 Å². The van der Waals surface area contributed by atoms with Crippen LogP contribution in [0.25, 0.3) is 0 Å². The van der Waals surface area contributed by atoms with E-state index in [0.717, 1.165) is 24.5 Å². The summed E-state index contributed by atoms with van der Waals surface area (Å²) in [7, 11) is 1.67. The fraction of sp³-hybridized carbons (Fsp3) is 0.375. The molecule has 5 nitrogen and oxygen atoms in total. The average molecular weight is 392 g/mol. The zero-order valence-corrected chi connectivity index (χ0v) is 15.9. The van der Waals surface area contributed by atoms with Gasteiger partial charge in [-0.2, -0.15) is 0 Å². The molecule has 0 unspecified atom stereocenters. The van der Waals surface area contributed by atoms with Gasteiger partial charge < -0.3 is 15.4 Å². The summed E-state index contributed by atoms with van der Waals surface area (Å²) < 4.78 is 4.93. The maximum atomic E-state index is 12.0. The number of benzene rings is 1. The first-order valence-corrected chi connectivity index (χ1v) is 8.13. The molecule has 2 N–H and O–H groups in total. The summed E-state index contributed by atoms with van der Waals surface area (Å²) in [5.74, 6) is -0.121. The Kier molecular flexibility index (Phi) is 12.5. The van der Waals surface area contributed by atoms with Gasteiger partial charge in [0.25, 0.3) is 5.91 Å². The lowest BCUT2D eigenvalue weighted by molar-refractivity contribution is 0.0949. The first-order valence-electron chi connectivity index (χ1n) is 7.26. The predicted octanol–water partition coefficient (Wildman–Crippen LogP) is 2.54. The highest BCUT2D eigenvalue weighted by atomic mass is 35.5. The van der Waals surface area contributed by atoms with Gasteiger partial charge in [0.1, 0.15) is 5.69 Å². The SMILES string of the molecule is COCCNCCNC(=O)c1csc(Cc2ccccc2)n1.Cl.Cl. The number of thiazole rings is 1. The van der Waals surface area contributed by atoms with Gasteiger partial charge in [-0.25, -0.2) is 4.98 Å². The summed E-state index contributed by atoms with van der Waals surface area (Å²) in [6.07, 6.45) is 0.761. The number of amides is 1. The predicted molar refractivity (Wildman–Crippen MR) is 103 cm³/mol. The van der Waals surface area contributed by atoms with Crippen LogP contribution in [-0.4, -0.2) is 44.2 Å². The Balaban J connectivity index is 0.00000264. The Morgan fingerprint density at radius 3 is 2.62 bits per heavy atom. The zero-order valence-electron chi connectivity index (χ0n) is 13.5.